The molecule has 1 heterocycles. The third-order valence-electron chi connectivity index (χ3n) is 4.64. The van der Waals surface area contributed by atoms with E-state index in [1.165, 1.54) is 96.8 Å². The van der Waals surface area contributed by atoms with Crippen molar-refractivity contribution < 1.29 is 0 Å². The first-order valence-electron chi connectivity index (χ1n) is 8.41. The number of hydrogen-bond acceptors (Lipinski definition) is 2. The summed E-state index contributed by atoms with van der Waals surface area (Å²) in [4.78, 5) is 2.66. The van der Waals surface area contributed by atoms with Crippen molar-refractivity contribution in [3.63, 3.8) is 0 Å². The van der Waals surface area contributed by atoms with Gasteiger partial charge in [0.25, 0.3) is 0 Å². The molecule has 1 saturated carbocycles. The molecule has 2 aliphatic rings. The number of nitrogens with one attached hydrogen (secondary N) is 1. The third-order valence-corrected chi connectivity index (χ3v) is 4.64. The summed E-state index contributed by atoms with van der Waals surface area (Å²) in [5.74, 6) is 0. The Labute approximate surface area is 114 Å². The molecular formula is C16H32N2. The van der Waals surface area contributed by atoms with Crippen LogP contribution in [0.15, 0.2) is 0 Å². The Morgan fingerprint density at radius 1 is 0.778 bits per heavy atom. The lowest BCUT2D eigenvalue weighted by molar-refractivity contribution is 0.224. The zero-order valence-electron chi connectivity index (χ0n) is 12.1. The van der Waals surface area contributed by atoms with Crippen LogP contribution in [0, 0.1) is 0 Å². The van der Waals surface area contributed by atoms with Crippen LogP contribution in [0.2, 0.25) is 0 Å². The summed E-state index contributed by atoms with van der Waals surface area (Å²) in [7, 11) is 0. The number of hydrogen-bond donors (Lipinski definition) is 1. The average Bonchev–Trinajstić information content (AvgIpc) is 2.45. The van der Waals surface area contributed by atoms with Crippen molar-refractivity contribution in [1.82, 2.24) is 10.2 Å². The van der Waals surface area contributed by atoms with Crippen LogP contribution >= 0.6 is 0 Å². The molecule has 0 unspecified atom stereocenters. The highest BCUT2D eigenvalue weighted by atomic mass is 15.1. The fourth-order valence-electron chi connectivity index (χ4n) is 3.43. The lowest BCUT2D eigenvalue weighted by Crippen LogP contribution is -2.32. The molecule has 1 N–H and O–H groups in total. The molecule has 0 spiro atoms. The lowest BCUT2D eigenvalue weighted by Gasteiger charge is -2.26. The first-order chi connectivity index (χ1) is 8.95. The van der Waals surface area contributed by atoms with Crippen molar-refractivity contribution in [1.29, 1.82) is 0 Å². The van der Waals surface area contributed by atoms with E-state index < -0.39 is 0 Å². The summed E-state index contributed by atoms with van der Waals surface area (Å²) in [6, 6.07) is 0.848. The quantitative estimate of drug-likeness (QED) is 0.697. The smallest absolute Gasteiger partial charge is 0.00670 e. The largest absolute Gasteiger partial charge is 0.314 e. The molecule has 0 radical (unpaired) electrons. The highest BCUT2D eigenvalue weighted by Crippen LogP contribution is 2.17. The van der Waals surface area contributed by atoms with Gasteiger partial charge >= 0.3 is 0 Å². The minimum Gasteiger partial charge on any atom is -0.314 e. The van der Waals surface area contributed by atoms with E-state index in [1.54, 1.807) is 0 Å². The molecule has 2 heteroatoms. The zero-order valence-corrected chi connectivity index (χ0v) is 12.1. The van der Waals surface area contributed by atoms with Gasteiger partial charge in [-0.15, -0.1) is 0 Å². The van der Waals surface area contributed by atoms with Gasteiger partial charge in [0, 0.05) is 6.04 Å². The van der Waals surface area contributed by atoms with E-state index in [4.69, 9.17) is 0 Å². The van der Waals surface area contributed by atoms with Crippen LogP contribution in [-0.2, 0) is 0 Å². The molecule has 1 saturated heterocycles. The number of piperidine rings is 1. The highest BCUT2D eigenvalue weighted by molar-refractivity contribution is 4.71. The molecule has 106 valence electrons. The van der Waals surface area contributed by atoms with E-state index in [0.717, 1.165) is 6.04 Å². The predicted octanol–water partition coefficient (Wildman–Crippen LogP) is 3.56. The molecule has 18 heavy (non-hydrogen) atoms. The van der Waals surface area contributed by atoms with Crippen molar-refractivity contribution in [2.24, 2.45) is 0 Å². The summed E-state index contributed by atoms with van der Waals surface area (Å²) in [5, 5.41) is 3.75. The first-order valence-corrected chi connectivity index (χ1v) is 8.41. The molecule has 2 nitrogen and oxygen atoms in total. The summed E-state index contributed by atoms with van der Waals surface area (Å²) >= 11 is 0. The van der Waals surface area contributed by atoms with Gasteiger partial charge in [-0.2, -0.15) is 0 Å². The topological polar surface area (TPSA) is 15.3 Å². The SMILES string of the molecule is C1CCC(NCCCCCN2CCCCC2)CC1. The molecule has 1 aliphatic carbocycles. The van der Waals surface area contributed by atoms with Gasteiger partial charge in [-0.05, 0) is 64.7 Å². The fraction of sp³-hybridized carbons (Fsp3) is 1.00. The third kappa shape index (κ3) is 5.71. The Morgan fingerprint density at radius 3 is 2.28 bits per heavy atom. The van der Waals surface area contributed by atoms with E-state index in [2.05, 4.69) is 10.2 Å². The van der Waals surface area contributed by atoms with Crippen molar-refractivity contribution in [3.05, 3.63) is 0 Å². The first kappa shape index (κ1) is 14.3. The number of unbranched alkanes of at least 4 members (excludes halogenated alkanes) is 2. The molecule has 0 bridgehead atoms. The Hall–Kier alpha value is -0.0800. The van der Waals surface area contributed by atoms with E-state index in [0.29, 0.717) is 0 Å². The number of likely N-dealkylation sites (tertiary alicyclic amines) is 1. The van der Waals surface area contributed by atoms with Gasteiger partial charge in [0.2, 0.25) is 0 Å². The van der Waals surface area contributed by atoms with Crippen molar-refractivity contribution >= 4 is 0 Å². The zero-order chi connectivity index (χ0) is 12.5. The summed E-state index contributed by atoms with van der Waals surface area (Å²) in [6.45, 7) is 5.33. The fourth-order valence-corrected chi connectivity index (χ4v) is 3.43. The van der Waals surface area contributed by atoms with Crippen molar-refractivity contribution in [3.8, 4) is 0 Å². The molecule has 0 amide bonds. The van der Waals surface area contributed by atoms with Gasteiger partial charge in [0.1, 0.15) is 0 Å². The Balaban J connectivity index is 1.39. The highest BCUT2D eigenvalue weighted by Gasteiger charge is 2.12. The van der Waals surface area contributed by atoms with Crippen LogP contribution in [0.1, 0.15) is 70.6 Å². The van der Waals surface area contributed by atoms with Gasteiger partial charge in [0.05, 0.1) is 0 Å². The van der Waals surface area contributed by atoms with Crippen LogP contribution in [0.25, 0.3) is 0 Å². The summed E-state index contributed by atoms with van der Waals surface area (Å²) < 4.78 is 0. The van der Waals surface area contributed by atoms with Gasteiger partial charge in [-0.25, -0.2) is 0 Å². The normalized spacial score (nSPS) is 23.3. The van der Waals surface area contributed by atoms with Crippen LogP contribution in [0.5, 0.6) is 0 Å². The molecule has 0 aromatic rings. The van der Waals surface area contributed by atoms with Crippen molar-refractivity contribution in [2.75, 3.05) is 26.2 Å². The molecule has 2 fully saturated rings. The van der Waals surface area contributed by atoms with E-state index in [9.17, 15) is 0 Å². The van der Waals surface area contributed by atoms with Gasteiger partial charge in [0.15, 0.2) is 0 Å². The molecule has 0 atom stereocenters. The van der Waals surface area contributed by atoms with Crippen LogP contribution in [0.3, 0.4) is 0 Å². The number of nitrogens with zero attached hydrogens (tertiary/aromatic N) is 1. The van der Waals surface area contributed by atoms with Gasteiger partial charge < -0.3 is 10.2 Å². The second-order valence-electron chi connectivity index (χ2n) is 6.25. The van der Waals surface area contributed by atoms with Crippen molar-refractivity contribution in [2.45, 2.75) is 76.7 Å². The maximum absolute atomic E-state index is 3.75. The second kappa shape index (κ2) is 8.92. The maximum Gasteiger partial charge on any atom is 0.00670 e. The van der Waals surface area contributed by atoms with Crippen LogP contribution in [-0.4, -0.2) is 37.1 Å². The minimum absolute atomic E-state index is 0.848. The lowest BCUT2D eigenvalue weighted by atomic mass is 9.95. The Kier molecular flexibility index (Phi) is 7.11. The van der Waals surface area contributed by atoms with Gasteiger partial charge in [-0.1, -0.05) is 32.1 Å². The molecule has 0 aromatic heterocycles. The summed E-state index contributed by atoms with van der Waals surface area (Å²) in [5.41, 5.74) is 0. The Bertz CT molecular complexity index is 171. The molecule has 0 aromatic carbocycles. The average molecular weight is 252 g/mol. The molecule has 1 aliphatic heterocycles. The van der Waals surface area contributed by atoms with E-state index >= 15 is 0 Å². The maximum atomic E-state index is 3.75. The van der Waals surface area contributed by atoms with Crippen LogP contribution in [0.4, 0.5) is 0 Å². The monoisotopic (exact) mass is 252 g/mol. The second-order valence-corrected chi connectivity index (χ2v) is 6.25. The van der Waals surface area contributed by atoms with E-state index in [-0.39, 0.29) is 0 Å². The standard InChI is InChI=1S/C16H32N2/c1-4-10-16(11-5-1)17-12-6-2-7-13-18-14-8-3-9-15-18/h16-17H,1-15H2. The summed E-state index contributed by atoms with van der Waals surface area (Å²) in [6.07, 6.45) is 15.7. The minimum atomic E-state index is 0.848. The van der Waals surface area contributed by atoms with Gasteiger partial charge in [-0.3, -0.25) is 0 Å². The molecule has 2 rings (SSSR count). The molecular weight excluding hydrogens is 220 g/mol. The Morgan fingerprint density at radius 2 is 1.50 bits per heavy atom. The predicted molar refractivity (Wildman–Crippen MR) is 79.0 cm³/mol. The van der Waals surface area contributed by atoms with E-state index in [1.807, 2.05) is 0 Å². The number of rotatable bonds is 7. The van der Waals surface area contributed by atoms with Crippen LogP contribution < -0.4 is 5.32 Å².